The van der Waals surface area contributed by atoms with E-state index in [1.54, 1.807) is 12.4 Å². The van der Waals surface area contributed by atoms with Crippen molar-refractivity contribution in [3.8, 4) is 0 Å². The van der Waals surface area contributed by atoms with Crippen LogP contribution in [0.5, 0.6) is 0 Å². The number of aromatic nitrogens is 1. The minimum Gasteiger partial charge on any atom is -0.253 e. The van der Waals surface area contributed by atoms with E-state index in [2.05, 4.69) is 9.98 Å². The fourth-order valence-electron chi connectivity index (χ4n) is 1.16. The summed E-state index contributed by atoms with van der Waals surface area (Å²) in [5.41, 5.74) is 1.72. The van der Waals surface area contributed by atoms with Crippen LogP contribution >= 0.6 is 11.6 Å². The Hall–Kier alpha value is -1.67. The minimum absolute atomic E-state index is 0.421. The lowest BCUT2D eigenvalue weighted by molar-refractivity contribution is 1.31. The van der Waals surface area contributed by atoms with Gasteiger partial charge in [-0.05, 0) is 17.7 Å². The smallest absolute Gasteiger partial charge is 0.154 e. The molecule has 0 aliphatic carbocycles. The van der Waals surface area contributed by atoms with Gasteiger partial charge in [0.05, 0.1) is 0 Å². The highest BCUT2D eigenvalue weighted by Crippen LogP contribution is 2.20. The van der Waals surface area contributed by atoms with Gasteiger partial charge >= 0.3 is 0 Å². The minimum atomic E-state index is 0.421. The van der Waals surface area contributed by atoms with Crippen LogP contribution in [0.15, 0.2) is 53.7 Å². The van der Waals surface area contributed by atoms with E-state index in [1.165, 1.54) is 0 Å². The quantitative estimate of drug-likeness (QED) is 0.557. The molecule has 74 valence electrons. The van der Waals surface area contributed by atoms with Gasteiger partial charge in [-0.3, -0.25) is 4.99 Å². The van der Waals surface area contributed by atoms with E-state index >= 15 is 0 Å². The highest BCUT2D eigenvalue weighted by molar-refractivity contribution is 6.31. The molecular formula is C12H9ClN2. The average Bonchev–Trinajstić information content (AvgIpc) is 2.29. The number of hydrogen-bond acceptors (Lipinski definition) is 2. The zero-order chi connectivity index (χ0) is 10.5. The van der Waals surface area contributed by atoms with Crippen molar-refractivity contribution in [2.75, 3.05) is 0 Å². The molecular weight excluding hydrogens is 208 g/mol. The molecule has 0 radical (unpaired) electrons. The van der Waals surface area contributed by atoms with Crippen molar-refractivity contribution in [1.82, 2.24) is 4.98 Å². The Morgan fingerprint density at radius 2 is 1.87 bits per heavy atom. The molecule has 3 heteroatoms. The monoisotopic (exact) mass is 216 g/mol. The van der Waals surface area contributed by atoms with Crippen molar-refractivity contribution in [3.63, 3.8) is 0 Å². The predicted molar refractivity (Wildman–Crippen MR) is 62.9 cm³/mol. The topological polar surface area (TPSA) is 25.2 Å². The molecule has 0 amide bonds. The Morgan fingerprint density at radius 3 is 2.60 bits per heavy atom. The van der Waals surface area contributed by atoms with Gasteiger partial charge in [-0.15, -0.1) is 0 Å². The molecule has 1 aromatic heterocycles. The first-order valence-corrected chi connectivity index (χ1v) is 4.94. The maximum absolute atomic E-state index is 5.87. The normalized spacial score (nSPS) is 10.7. The summed E-state index contributed by atoms with van der Waals surface area (Å²) in [4.78, 5) is 8.20. The Morgan fingerprint density at radius 1 is 1.07 bits per heavy atom. The molecule has 2 aromatic rings. The largest absolute Gasteiger partial charge is 0.253 e. The van der Waals surface area contributed by atoms with Crippen molar-refractivity contribution < 1.29 is 0 Å². The molecule has 15 heavy (non-hydrogen) atoms. The van der Waals surface area contributed by atoms with Crippen LogP contribution in [0.2, 0.25) is 5.15 Å². The van der Waals surface area contributed by atoms with E-state index in [-0.39, 0.29) is 0 Å². The average molecular weight is 217 g/mol. The third kappa shape index (κ3) is 2.64. The predicted octanol–water partition coefficient (Wildman–Crippen LogP) is 3.49. The first kappa shape index (κ1) is 9.87. The van der Waals surface area contributed by atoms with Crippen molar-refractivity contribution in [2.45, 2.75) is 0 Å². The fourth-order valence-corrected chi connectivity index (χ4v) is 1.33. The molecule has 2 rings (SSSR count). The Bertz CT molecular complexity index is 466. The summed E-state index contributed by atoms with van der Waals surface area (Å²) >= 11 is 5.87. The van der Waals surface area contributed by atoms with E-state index in [4.69, 9.17) is 11.6 Å². The van der Waals surface area contributed by atoms with Gasteiger partial charge in [-0.25, -0.2) is 4.98 Å². The van der Waals surface area contributed by atoms with Crippen LogP contribution in [0.3, 0.4) is 0 Å². The molecule has 0 aliphatic heterocycles. The second kappa shape index (κ2) is 4.71. The second-order valence-electron chi connectivity index (χ2n) is 2.98. The van der Waals surface area contributed by atoms with Crippen LogP contribution < -0.4 is 0 Å². The van der Waals surface area contributed by atoms with Crippen molar-refractivity contribution >= 4 is 23.5 Å². The van der Waals surface area contributed by atoms with Crippen molar-refractivity contribution in [2.24, 2.45) is 4.99 Å². The molecule has 0 aliphatic rings. The number of benzene rings is 1. The van der Waals surface area contributed by atoms with Crippen LogP contribution in [-0.4, -0.2) is 11.2 Å². The zero-order valence-corrected chi connectivity index (χ0v) is 8.72. The number of pyridine rings is 1. The van der Waals surface area contributed by atoms with Crippen LogP contribution in [-0.2, 0) is 0 Å². The summed E-state index contributed by atoms with van der Waals surface area (Å²) in [6, 6.07) is 13.5. The Labute approximate surface area is 93.3 Å². The summed E-state index contributed by atoms with van der Waals surface area (Å²) in [5, 5.41) is 0.421. The molecule has 0 spiro atoms. The third-order valence-electron chi connectivity index (χ3n) is 1.89. The van der Waals surface area contributed by atoms with E-state index in [9.17, 15) is 0 Å². The van der Waals surface area contributed by atoms with E-state index in [0.717, 1.165) is 5.56 Å². The van der Waals surface area contributed by atoms with Gasteiger partial charge in [0.25, 0.3) is 0 Å². The molecule has 0 unspecified atom stereocenters. The lowest BCUT2D eigenvalue weighted by atomic mass is 10.2. The molecule has 1 heterocycles. The van der Waals surface area contributed by atoms with Crippen molar-refractivity contribution in [1.29, 1.82) is 0 Å². The lowest BCUT2D eigenvalue weighted by Gasteiger charge is -1.95. The summed E-state index contributed by atoms with van der Waals surface area (Å²) in [7, 11) is 0. The van der Waals surface area contributed by atoms with Gasteiger partial charge < -0.3 is 0 Å². The van der Waals surface area contributed by atoms with Crippen LogP contribution in [0.1, 0.15) is 5.56 Å². The van der Waals surface area contributed by atoms with Crippen molar-refractivity contribution in [3.05, 3.63) is 59.4 Å². The summed E-state index contributed by atoms with van der Waals surface area (Å²) in [5.74, 6) is 0. The number of rotatable bonds is 2. The Balaban J connectivity index is 2.23. The first-order valence-electron chi connectivity index (χ1n) is 4.56. The van der Waals surface area contributed by atoms with E-state index in [0.29, 0.717) is 10.8 Å². The molecule has 1 aromatic carbocycles. The van der Waals surface area contributed by atoms with E-state index < -0.39 is 0 Å². The maximum Gasteiger partial charge on any atom is 0.154 e. The van der Waals surface area contributed by atoms with Gasteiger partial charge in [0.1, 0.15) is 5.69 Å². The summed E-state index contributed by atoms with van der Waals surface area (Å²) in [6.45, 7) is 0. The highest BCUT2D eigenvalue weighted by atomic mass is 35.5. The van der Waals surface area contributed by atoms with Gasteiger partial charge in [0.15, 0.2) is 5.15 Å². The standard InChI is InChI=1S/C12H9ClN2/c13-12-11(7-4-8-14-12)15-9-10-5-2-1-3-6-10/h1-9H. The number of nitrogens with zero attached hydrogens (tertiary/aromatic N) is 2. The summed E-state index contributed by atoms with van der Waals surface area (Å²) < 4.78 is 0. The van der Waals surface area contributed by atoms with Crippen LogP contribution in [0, 0.1) is 0 Å². The molecule has 0 saturated carbocycles. The van der Waals surface area contributed by atoms with Gasteiger partial charge in [0, 0.05) is 12.4 Å². The maximum atomic E-state index is 5.87. The van der Waals surface area contributed by atoms with Gasteiger partial charge in [0.2, 0.25) is 0 Å². The Kier molecular flexibility index (Phi) is 3.10. The SMILES string of the molecule is Clc1ncccc1N=Cc1ccccc1. The molecule has 0 atom stereocenters. The molecule has 0 N–H and O–H groups in total. The lowest BCUT2D eigenvalue weighted by Crippen LogP contribution is -1.79. The number of aliphatic imine (C=N–C) groups is 1. The molecule has 0 bridgehead atoms. The fraction of sp³-hybridized carbons (Fsp3) is 0. The number of halogens is 1. The van der Waals surface area contributed by atoms with Crippen LogP contribution in [0.25, 0.3) is 0 Å². The summed E-state index contributed by atoms with van der Waals surface area (Å²) in [6.07, 6.45) is 3.41. The third-order valence-corrected chi connectivity index (χ3v) is 2.18. The molecule has 2 nitrogen and oxygen atoms in total. The highest BCUT2D eigenvalue weighted by Gasteiger charge is 1.95. The van der Waals surface area contributed by atoms with Gasteiger partial charge in [-0.2, -0.15) is 0 Å². The second-order valence-corrected chi connectivity index (χ2v) is 3.34. The zero-order valence-electron chi connectivity index (χ0n) is 7.97. The molecule has 0 fully saturated rings. The number of hydrogen-bond donors (Lipinski definition) is 0. The van der Waals surface area contributed by atoms with Gasteiger partial charge in [-0.1, -0.05) is 41.9 Å². The van der Waals surface area contributed by atoms with Crippen LogP contribution in [0.4, 0.5) is 5.69 Å². The van der Waals surface area contributed by atoms with E-state index in [1.807, 2.05) is 42.5 Å². The first-order chi connectivity index (χ1) is 7.36. The molecule has 0 saturated heterocycles.